The van der Waals surface area contributed by atoms with Gasteiger partial charge in [-0.1, -0.05) is 52.0 Å². The van der Waals surface area contributed by atoms with E-state index in [1.807, 2.05) is 89.3 Å². The van der Waals surface area contributed by atoms with E-state index in [9.17, 15) is 4.79 Å². The van der Waals surface area contributed by atoms with Crippen LogP contribution in [0.2, 0.25) is 0 Å². The standard InChI is InChI=1S/C19H20N4O2.C3H4N2.2C2H6/c1-20-19-15-9-4-5-10-16(15)21-18(22-19)13-7-6-8-14(11-13)25-12-17(24)23(2)3;1-2-4-5-3-1;2*1-2/h4-11H,12H2,1-3H3,(H,20,21,22);1-3H,(H,4,5);2*1-2H3. The van der Waals surface area contributed by atoms with Gasteiger partial charge >= 0.3 is 0 Å². The molecule has 34 heavy (non-hydrogen) atoms. The van der Waals surface area contributed by atoms with E-state index >= 15 is 0 Å². The van der Waals surface area contributed by atoms with Gasteiger partial charge in [0, 0.05) is 44.5 Å². The number of anilines is 1. The van der Waals surface area contributed by atoms with Crippen LogP contribution in [0.1, 0.15) is 27.7 Å². The van der Waals surface area contributed by atoms with Crippen LogP contribution < -0.4 is 10.1 Å². The summed E-state index contributed by atoms with van der Waals surface area (Å²) in [5.41, 5.74) is 1.70. The number of benzene rings is 2. The summed E-state index contributed by atoms with van der Waals surface area (Å²) in [6.45, 7) is 8.00. The summed E-state index contributed by atoms with van der Waals surface area (Å²) in [6.07, 6.45) is 3.46. The Balaban J connectivity index is 0.000000550. The molecule has 0 atom stereocenters. The number of amides is 1. The molecule has 0 aliphatic heterocycles. The number of likely N-dealkylation sites (N-methyl/N-ethyl adjacent to an activating group) is 1. The first-order valence-electron chi connectivity index (χ1n) is 11.4. The fourth-order valence-electron chi connectivity index (χ4n) is 2.61. The molecule has 182 valence electrons. The Labute approximate surface area is 202 Å². The second kappa shape index (κ2) is 15.8. The molecule has 0 saturated carbocycles. The molecule has 0 aliphatic rings. The Morgan fingerprint density at radius 1 is 1.00 bits per heavy atom. The molecule has 4 rings (SSSR count). The Kier molecular flexibility index (Phi) is 13.1. The first-order valence-corrected chi connectivity index (χ1v) is 11.4. The molecule has 0 aliphatic carbocycles. The van der Waals surface area contributed by atoms with Gasteiger partial charge in [0.15, 0.2) is 12.4 Å². The molecule has 2 aromatic carbocycles. The molecule has 0 bridgehead atoms. The molecule has 2 aromatic heterocycles. The molecule has 8 nitrogen and oxygen atoms in total. The van der Waals surface area contributed by atoms with E-state index in [2.05, 4.69) is 25.5 Å². The van der Waals surface area contributed by atoms with Crippen molar-refractivity contribution in [3.63, 3.8) is 0 Å². The van der Waals surface area contributed by atoms with Gasteiger partial charge in [-0.15, -0.1) is 0 Å². The summed E-state index contributed by atoms with van der Waals surface area (Å²) in [4.78, 5) is 22.4. The second-order valence-electron chi connectivity index (χ2n) is 6.53. The largest absolute Gasteiger partial charge is 0.484 e. The number of nitrogens with zero attached hydrogens (tertiary/aromatic N) is 4. The Morgan fingerprint density at radius 3 is 2.32 bits per heavy atom. The van der Waals surface area contributed by atoms with Crippen LogP contribution in [0.3, 0.4) is 0 Å². The first-order chi connectivity index (χ1) is 16.6. The van der Waals surface area contributed by atoms with E-state index in [1.165, 1.54) is 4.90 Å². The number of nitrogens with one attached hydrogen (secondary N) is 2. The summed E-state index contributed by atoms with van der Waals surface area (Å²) in [6, 6.07) is 17.1. The van der Waals surface area contributed by atoms with Crippen LogP contribution in [0.15, 0.2) is 67.0 Å². The Bertz CT molecular complexity index is 1080. The number of hydrogen-bond acceptors (Lipinski definition) is 6. The third kappa shape index (κ3) is 8.54. The lowest BCUT2D eigenvalue weighted by Gasteiger charge is -2.12. The zero-order chi connectivity index (χ0) is 25.3. The predicted molar refractivity (Wildman–Crippen MR) is 140 cm³/mol. The van der Waals surface area contributed by atoms with Crippen LogP contribution in [0.25, 0.3) is 22.3 Å². The number of carbonyl (C=O) groups is 1. The number of carbonyl (C=O) groups excluding carboxylic acids is 1. The maximum Gasteiger partial charge on any atom is 0.259 e. The van der Waals surface area contributed by atoms with Crippen molar-refractivity contribution in [3.05, 3.63) is 67.0 Å². The lowest BCUT2D eigenvalue weighted by atomic mass is 10.1. The van der Waals surface area contributed by atoms with E-state index < -0.39 is 0 Å². The smallest absolute Gasteiger partial charge is 0.259 e. The SMILES string of the molecule is CC.CC.CNc1nc(-c2cccc(OCC(=O)N(C)C)c2)nc2ccccc12.c1cn[nH]c1. The number of fused-ring (bicyclic) bond motifs is 1. The zero-order valence-electron chi connectivity index (χ0n) is 21.2. The minimum Gasteiger partial charge on any atom is -0.484 e. The molecule has 0 fully saturated rings. The predicted octanol–water partition coefficient (Wildman–Crippen LogP) is 5.27. The van der Waals surface area contributed by atoms with Crippen LogP contribution in [0.4, 0.5) is 5.82 Å². The number of rotatable bonds is 5. The molecule has 8 heteroatoms. The number of hydrogen-bond donors (Lipinski definition) is 2. The highest BCUT2D eigenvalue weighted by molar-refractivity contribution is 5.90. The third-order valence-corrected chi connectivity index (χ3v) is 4.20. The van der Waals surface area contributed by atoms with Crippen LogP contribution in [-0.4, -0.2) is 58.7 Å². The molecule has 0 spiro atoms. The zero-order valence-corrected chi connectivity index (χ0v) is 21.2. The van der Waals surface area contributed by atoms with E-state index in [-0.39, 0.29) is 12.5 Å². The maximum atomic E-state index is 11.7. The summed E-state index contributed by atoms with van der Waals surface area (Å²) in [5.74, 6) is 1.89. The molecule has 2 N–H and O–H groups in total. The monoisotopic (exact) mass is 464 g/mol. The van der Waals surface area contributed by atoms with Crippen LogP contribution in [-0.2, 0) is 4.79 Å². The van der Waals surface area contributed by atoms with Gasteiger partial charge in [-0.25, -0.2) is 9.97 Å². The molecule has 0 unspecified atom stereocenters. The number of para-hydroxylation sites is 1. The average Bonchev–Trinajstić information content (AvgIpc) is 3.49. The van der Waals surface area contributed by atoms with Crippen molar-refractivity contribution >= 4 is 22.6 Å². The van der Waals surface area contributed by atoms with E-state index in [0.717, 1.165) is 22.3 Å². The topological polar surface area (TPSA) is 96.0 Å². The van der Waals surface area contributed by atoms with Gasteiger partial charge in [-0.05, 0) is 30.3 Å². The second-order valence-corrected chi connectivity index (χ2v) is 6.53. The fourth-order valence-corrected chi connectivity index (χ4v) is 2.61. The van der Waals surface area contributed by atoms with Crippen molar-refractivity contribution in [2.45, 2.75) is 27.7 Å². The van der Waals surface area contributed by atoms with Gasteiger partial charge in [-0.3, -0.25) is 9.89 Å². The fraction of sp³-hybridized carbons (Fsp3) is 0.308. The van der Waals surface area contributed by atoms with E-state index in [0.29, 0.717) is 11.6 Å². The van der Waals surface area contributed by atoms with Crippen LogP contribution in [0, 0.1) is 0 Å². The van der Waals surface area contributed by atoms with E-state index in [1.54, 1.807) is 26.5 Å². The summed E-state index contributed by atoms with van der Waals surface area (Å²) in [5, 5.41) is 10.3. The summed E-state index contributed by atoms with van der Waals surface area (Å²) in [7, 11) is 5.24. The van der Waals surface area contributed by atoms with Crippen molar-refractivity contribution in [1.29, 1.82) is 0 Å². The Morgan fingerprint density at radius 2 is 1.74 bits per heavy atom. The van der Waals surface area contributed by atoms with Crippen molar-refractivity contribution < 1.29 is 9.53 Å². The van der Waals surface area contributed by atoms with Gasteiger partial charge in [0.1, 0.15) is 11.6 Å². The quantitative estimate of drug-likeness (QED) is 0.418. The number of aromatic nitrogens is 4. The lowest BCUT2D eigenvalue weighted by molar-refractivity contribution is -0.130. The summed E-state index contributed by atoms with van der Waals surface area (Å²) < 4.78 is 5.57. The normalized spacial score (nSPS) is 9.26. The van der Waals surface area contributed by atoms with Crippen LogP contribution in [0.5, 0.6) is 5.75 Å². The molecular weight excluding hydrogens is 428 g/mol. The maximum absolute atomic E-state index is 11.7. The van der Waals surface area contributed by atoms with Gasteiger partial charge in [0.25, 0.3) is 5.91 Å². The minimum atomic E-state index is -0.0928. The van der Waals surface area contributed by atoms with Gasteiger partial charge in [-0.2, -0.15) is 5.10 Å². The van der Waals surface area contributed by atoms with Crippen LogP contribution >= 0.6 is 0 Å². The first kappa shape index (κ1) is 28.1. The average molecular weight is 465 g/mol. The molecule has 4 aromatic rings. The number of H-pyrrole nitrogens is 1. The van der Waals surface area contributed by atoms with Gasteiger partial charge < -0.3 is 15.0 Å². The highest BCUT2D eigenvalue weighted by atomic mass is 16.5. The van der Waals surface area contributed by atoms with Gasteiger partial charge in [0.2, 0.25) is 0 Å². The number of ether oxygens (including phenoxy) is 1. The Hall–Kier alpha value is -3.94. The molecule has 1 amide bonds. The lowest BCUT2D eigenvalue weighted by Crippen LogP contribution is -2.27. The van der Waals surface area contributed by atoms with Crippen molar-refractivity contribution in [1.82, 2.24) is 25.1 Å². The minimum absolute atomic E-state index is 0.00318. The van der Waals surface area contributed by atoms with E-state index in [4.69, 9.17) is 4.74 Å². The molecular formula is C26H36N6O2. The molecule has 0 saturated heterocycles. The third-order valence-electron chi connectivity index (χ3n) is 4.20. The number of aromatic amines is 1. The highest BCUT2D eigenvalue weighted by Gasteiger charge is 2.10. The van der Waals surface area contributed by atoms with Crippen molar-refractivity contribution in [3.8, 4) is 17.1 Å². The molecule has 0 radical (unpaired) electrons. The van der Waals surface area contributed by atoms with Gasteiger partial charge in [0.05, 0.1) is 5.52 Å². The van der Waals surface area contributed by atoms with Crippen molar-refractivity contribution in [2.75, 3.05) is 33.1 Å². The van der Waals surface area contributed by atoms with Crippen molar-refractivity contribution in [2.24, 2.45) is 0 Å². The highest BCUT2D eigenvalue weighted by Crippen LogP contribution is 2.26. The summed E-state index contributed by atoms with van der Waals surface area (Å²) >= 11 is 0. The molecule has 2 heterocycles.